The van der Waals surface area contributed by atoms with E-state index in [2.05, 4.69) is 22.4 Å². The van der Waals surface area contributed by atoms with E-state index in [0.717, 1.165) is 95.3 Å². The number of nitrogens with zero attached hydrogens (tertiary/aromatic N) is 3. The molecule has 2 aliphatic carbocycles. The molecular weight excluding hydrogens is 833 g/mol. The Morgan fingerprint density at radius 1 is 0.889 bits per heavy atom. The molecule has 4 aromatic rings. The first kappa shape index (κ1) is 48.0. The maximum absolute atomic E-state index is 13.2. The van der Waals surface area contributed by atoms with Crippen molar-refractivity contribution in [3.63, 3.8) is 0 Å². The summed E-state index contributed by atoms with van der Waals surface area (Å²) in [5.41, 5.74) is 4.08. The van der Waals surface area contributed by atoms with Gasteiger partial charge in [0.1, 0.15) is 28.7 Å². The van der Waals surface area contributed by atoms with Crippen molar-refractivity contribution < 1.29 is 33.8 Å². The number of methoxy groups -OCH3 is 1. The zero-order valence-corrected chi connectivity index (χ0v) is 39.2. The second-order valence-corrected chi connectivity index (χ2v) is 20.7. The van der Waals surface area contributed by atoms with Crippen LogP contribution in [0, 0.1) is 5.92 Å². The van der Waals surface area contributed by atoms with Gasteiger partial charge in [0.15, 0.2) is 10.9 Å². The van der Waals surface area contributed by atoms with Crippen LogP contribution in [-0.2, 0) is 40.9 Å². The molecule has 3 aliphatic rings. The number of carboxylic acid groups (broad SMARTS) is 1. The Morgan fingerprint density at radius 2 is 1.56 bits per heavy atom. The van der Waals surface area contributed by atoms with Crippen LogP contribution < -0.4 is 14.8 Å². The number of unbranched alkanes of at least 4 members (excludes halogenated alkanes) is 1. The molecule has 1 aliphatic heterocycles. The van der Waals surface area contributed by atoms with E-state index in [0.29, 0.717) is 19.1 Å². The van der Waals surface area contributed by atoms with E-state index in [9.17, 15) is 24.3 Å². The van der Waals surface area contributed by atoms with Gasteiger partial charge < -0.3 is 29.4 Å². The highest BCUT2D eigenvalue weighted by atomic mass is 32.2. The van der Waals surface area contributed by atoms with Crippen molar-refractivity contribution in [3.05, 3.63) is 83.7 Å². The molecule has 0 spiro atoms. The minimum Gasteiger partial charge on any atom is -0.497 e. The van der Waals surface area contributed by atoms with E-state index >= 15 is 0 Å². The molecule has 0 radical (unpaired) electrons. The summed E-state index contributed by atoms with van der Waals surface area (Å²) in [4.78, 5) is 55.3. The van der Waals surface area contributed by atoms with Gasteiger partial charge in [-0.3, -0.25) is 14.4 Å². The molecule has 1 aromatic heterocycles. The third-order valence-corrected chi connectivity index (χ3v) is 14.9. The van der Waals surface area contributed by atoms with Gasteiger partial charge in [0.25, 0.3) is 0 Å². The van der Waals surface area contributed by atoms with E-state index in [4.69, 9.17) is 9.47 Å². The molecule has 1 atom stereocenters. The summed E-state index contributed by atoms with van der Waals surface area (Å²) in [6, 6.07) is 22.0. The van der Waals surface area contributed by atoms with Gasteiger partial charge in [-0.2, -0.15) is 0 Å². The van der Waals surface area contributed by atoms with Crippen LogP contribution >= 0.6 is 23.5 Å². The number of ketones is 1. The lowest BCUT2D eigenvalue weighted by atomic mass is 9.86. The highest BCUT2D eigenvalue weighted by Crippen LogP contribution is 2.33. The molecule has 1 saturated heterocycles. The second kappa shape index (κ2) is 23.4. The summed E-state index contributed by atoms with van der Waals surface area (Å²) >= 11 is 2.51. The SMILES string of the molecule is CC(C)(Sc1ccc(CCN(CCCCC2CCCCC2)C(=O)NC2CCCCC2)cc1)C(=O)O.COc1ccc2nc(COc3ccc(CC4SC(=O)CC4=O)cc3)n(C)c2c1. The number of hydrogen-bond acceptors (Lipinski definition) is 9. The monoisotopic (exact) mass is 898 g/mol. The lowest BCUT2D eigenvalue weighted by Crippen LogP contribution is -2.46. The summed E-state index contributed by atoms with van der Waals surface area (Å²) < 4.78 is 12.3. The fourth-order valence-electron chi connectivity index (χ4n) is 8.60. The maximum Gasteiger partial charge on any atom is 0.319 e. The van der Waals surface area contributed by atoms with Gasteiger partial charge in [-0.25, -0.2) is 9.78 Å². The number of Topliss-reactive ketones (excluding diaryl/α,β-unsaturated/α-hetero) is 1. The Hall–Kier alpha value is -4.49. The molecule has 63 heavy (non-hydrogen) atoms. The second-order valence-electron chi connectivity index (χ2n) is 17.8. The van der Waals surface area contributed by atoms with Crippen LogP contribution in [0.2, 0.25) is 0 Å². The fourth-order valence-corrected chi connectivity index (χ4v) is 10.6. The quantitative estimate of drug-likeness (QED) is 0.0563. The number of amides is 2. The van der Waals surface area contributed by atoms with Crippen LogP contribution in [0.25, 0.3) is 11.0 Å². The van der Waals surface area contributed by atoms with Crippen molar-refractivity contribution >= 4 is 57.5 Å². The van der Waals surface area contributed by atoms with E-state index < -0.39 is 10.7 Å². The van der Waals surface area contributed by atoms with Gasteiger partial charge in [0.05, 0.1) is 29.8 Å². The van der Waals surface area contributed by atoms with Crippen molar-refractivity contribution in [1.29, 1.82) is 0 Å². The molecule has 1 unspecified atom stereocenters. The van der Waals surface area contributed by atoms with E-state index in [1.165, 1.54) is 81.5 Å². The molecule has 3 fully saturated rings. The number of benzene rings is 3. The standard InChI is InChI=1S/C29H46N2O3S.C21H20N2O4S/c1-29(2,27(32)33)35-26-18-16-24(17-19-26)20-22-31(28(34)30-25-14-7-4-8-15-25)21-10-9-13-23-11-5-3-6-12-23;1-23-17-10-15(26-2)7-8-16(17)22-20(23)12-27-14-5-3-13(4-6-14)9-19-18(24)11-21(25)28-19/h16-19,23,25H,3-15,20-22H2,1-2H3,(H,30,34)(H,32,33);3-8,10,19H,9,11-12H2,1-2H3. The smallest absolute Gasteiger partial charge is 0.319 e. The third kappa shape index (κ3) is 14.5. The molecule has 3 aromatic carbocycles. The number of thioether (sulfide) groups is 2. The number of aryl methyl sites for hydroxylation is 1. The molecule has 2 amide bonds. The molecule has 2 N–H and O–H groups in total. The van der Waals surface area contributed by atoms with Crippen LogP contribution in [0.3, 0.4) is 0 Å². The normalized spacial score (nSPS) is 17.3. The zero-order valence-electron chi connectivity index (χ0n) is 37.6. The molecule has 7 rings (SSSR count). The number of urea groups is 1. The minimum absolute atomic E-state index is 0.0220. The Labute approximate surface area is 381 Å². The van der Waals surface area contributed by atoms with Crippen LogP contribution in [-0.4, -0.2) is 78.7 Å². The summed E-state index contributed by atoms with van der Waals surface area (Å²) in [6.07, 6.45) is 18.0. The Morgan fingerprint density at radius 3 is 2.21 bits per heavy atom. The number of fused-ring (bicyclic) bond motifs is 1. The number of rotatable bonds is 18. The van der Waals surface area contributed by atoms with Gasteiger partial charge in [0.2, 0.25) is 0 Å². The molecule has 340 valence electrons. The summed E-state index contributed by atoms with van der Waals surface area (Å²) in [5, 5.41) is 12.4. The van der Waals surface area contributed by atoms with Crippen molar-refractivity contribution in [1.82, 2.24) is 19.8 Å². The van der Waals surface area contributed by atoms with Crippen molar-refractivity contribution in [2.45, 2.75) is 144 Å². The molecule has 13 heteroatoms. The van der Waals surface area contributed by atoms with Crippen molar-refractivity contribution in [2.75, 3.05) is 20.2 Å². The molecule has 2 heterocycles. The van der Waals surface area contributed by atoms with Crippen LogP contribution in [0.5, 0.6) is 11.5 Å². The first-order valence-corrected chi connectivity index (χ1v) is 24.6. The van der Waals surface area contributed by atoms with Gasteiger partial charge >= 0.3 is 12.0 Å². The Balaban J connectivity index is 0.000000214. The first-order chi connectivity index (χ1) is 30.4. The molecule has 2 saturated carbocycles. The minimum atomic E-state index is -0.854. The number of hydrogen-bond donors (Lipinski definition) is 2. The lowest BCUT2D eigenvalue weighted by Gasteiger charge is -2.29. The Bertz CT molecular complexity index is 2130. The summed E-state index contributed by atoms with van der Waals surface area (Å²) in [6.45, 7) is 5.34. The third-order valence-electron chi connectivity index (χ3n) is 12.6. The number of ether oxygens (including phenoxy) is 2. The Kier molecular flexibility index (Phi) is 17.9. The zero-order chi connectivity index (χ0) is 44.8. The van der Waals surface area contributed by atoms with Crippen LogP contribution in [0.15, 0.2) is 71.6 Å². The average molecular weight is 899 g/mol. The first-order valence-electron chi connectivity index (χ1n) is 22.9. The lowest BCUT2D eigenvalue weighted by molar-refractivity contribution is -0.139. The number of nitrogens with one attached hydrogen (secondary N) is 1. The number of aromatic nitrogens is 2. The number of carbonyl (C=O) groups excluding carboxylic acids is 3. The van der Waals surface area contributed by atoms with E-state index in [1.54, 1.807) is 21.0 Å². The number of imidazole rings is 1. The van der Waals surface area contributed by atoms with Crippen LogP contribution in [0.1, 0.15) is 121 Å². The highest BCUT2D eigenvalue weighted by Gasteiger charge is 2.32. The van der Waals surface area contributed by atoms with E-state index in [-0.39, 0.29) is 28.6 Å². The van der Waals surface area contributed by atoms with Gasteiger partial charge in [-0.15, -0.1) is 11.8 Å². The van der Waals surface area contributed by atoms with Gasteiger partial charge in [-0.05, 0) is 99.4 Å². The predicted octanol–water partition coefficient (Wildman–Crippen LogP) is 10.6. The van der Waals surface area contributed by atoms with Gasteiger partial charge in [-0.1, -0.05) is 100 Å². The fraction of sp³-hybridized carbons (Fsp3) is 0.540. The highest BCUT2D eigenvalue weighted by molar-refractivity contribution is 8.15. The summed E-state index contributed by atoms with van der Waals surface area (Å²) in [5.74, 6) is 2.45. The molecule has 0 bridgehead atoms. The predicted molar refractivity (Wildman–Crippen MR) is 253 cm³/mol. The number of aliphatic carboxylic acids is 1. The van der Waals surface area contributed by atoms with Crippen molar-refractivity contribution in [3.8, 4) is 11.5 Å². The summed E-state index contributed by atoms with van der Waals surface area (Å²) in [7, 11) is 3.60. The average Bonchev–Trinajstić information content (AvgIpc) is 3.78. The topological polar surface area (TPSA) is 140 Å². The number of carbonyl (C=O) groups is 4. The largest absolute Gasteiger partial charge is 0.497 e. The van der Waals surface area contributed by atoms with Gasteiger partial charge in [0, 0.05) is 37.1 Å². The van der Waals surface area contributed by atoms with E-state index in [1.807, 2.05) is 71.1 Å². The molecule has 11 nitrogen and oxygen atoms in total. The van der Waals surface area contributed by atoms with Crippen molar-refractivity contribution in [2.24, 2.45) is 13.0 Å². The molecular formula is C50H66N4O7S2. The number of carboxylic acids is 1. The van der Waals surface area contributed by atoms with Crippen LogP contribution in [0.4, 0.5) is 4.79 Å². The maximum atomic E-state index is 13.2.